The third-order valence-electron chi connectivity index (χ3n) is 5.59. The molecule has 0 fully saturated rings. The highest BCUT2D eigenvalue weighted by molar-refractivity contribution is 8.00. The zero-order valence-corrected chi connectivity index (χ0v) is 21.3. The van der Waals surface area contributed by atoms with Crippen LogP contribution in [0.4, 0.5) is 0 Å². The Bertz CT molecular complexity index is 1280. The van der Waals surface area contributed by atoms with Crippen LogP contribution in [0.3, 0.4) is 0 Å². The number of benzene rings is 3. The normalized spacial score (nSPS) is 11.4. The predicted molar refractivity (Wildman–Crippen MR) is 146 cm³/mol. The van der Waals surface area contributed by atoms with Crippen LogP contribution in [0.2, 0.25) is 0 Å². The van der Waals surface area contributed by atoms with E-state index in [0.717, 1.165) is 21.7 Å². The Balaban J connectivity index is 1.23. The first-order valence-corrected chi connectivity index (χ1v) is 12.8. The highest BCUT2D eigenvalue weighted by Gasteiger charge is 2.21. The first kappa shape index (κ1) is 26.0. The SMILES string of the molecule is COC(=O)C(Cc1ccc(OCCNC(=O)c2ccc(-c3ccccn3)cc2)cc1)Sc1ccccc1. The van der Waals surface area contributed by atoms with Gasteiger partial charge >= 0.3 is 5.97 Å². The fourth-order valence-corrected chi connectivity index (χ4v) is 4.78. The molecule has 1 atom stereocenters. The molecule has 1 aromatic heterocycles. The summed E-state index contributed by atoms with van der Waals surface area (Å²) in [6, 6.07) is 30.5. The summed E-state index contributed by atoms with van der Waals surface area (Å²) in [5.74, 6) is 0.288. The average Bonchev–Trinajstić information content (AvgIpc) is 2.96. The molecule has 1 amide bonds. The third kappa shape index (κ3) is 7.69. The number of hydrogen-bond donors (Lipinski definition) is 1. The van der Waals surface area contributed by atoms with Crippen LogP contribution in [0, 0.1) is 0 Å². The number of aromatic nitrogens is 1. The average molecular weight is 513 g/mol. The maximum Gasteiger partial charge on any atom is 0.319 e. The van der Waals surface area contributed by atoms with Crippen LogP contribution < -0.4 is 10.1 Å². The molecule has 4 rings (SSSR count). The minimum Gasteiger partial charge on any atom is -0.492 e. The van der Waals surface area contributed by atoms with Crippen molar-refractivity contribution in [1.29, 1.82) is 0 Å². The van der Waals surface area contributed by atoms with Gasteiger partial charge in [-0.3, -0.25) is 14.6 Å². The molecule has 6 nitrogen and oxygen atoms in total. The molecule has 0 spiro atoms. The Kier molecular flexibility index (Phi) is 9.32. The number of nitrogens with zero attached hydrogens (tertiary/aromatic N) is 1. The molecule has 1 N–H and O–H groups in total. The lowest BCUT2D eigenvalue weighted by Gasteiger charge is -2.15. The summed E-state index contributed by atoms with van der Waals surface area (Å²) in [6.07, 6.45) is 2.29. The van der Waals surface area contributed by atoms with E-state index in [9.17, 15) is 9.59 Å². The fourth-order valence-electron chi connectivity index (χ4n) is 3.67. The highest BCUT2D eigenvalue weighted by Crippen LogP contribution is 2.27. The molecule has 0 aliphatic carbocycles. The number of carbonyl (C=O) groups excluding carboxylic acids is 2. The van der Waals surface area contributed by atoms with Crippen LogP contribution in [-0.4, -0.2) is 42.4 Å². The number of ether oxygens (including phenoxy) is 2. The van der Waals surface area contributed by atoms with Gasteiger partial charge in [0.15, 0.2) is 0 Å². The molecule has 1 heterocycles. The molecule has 0 saturated carbocycles. The molecule has 0 bridgehead atoms. The van der Waals surface area contributed by atoms with Crippen molar-refractivity contribution in [2.24, 2.45) is 0 Å². The number of thioether (sulfide) groups is 1. The number of hydrogen-bond acceptors (Lipinski definition) is 6. The number of methoxy groups -OCH3 is 1. The molecular formula is C30H28N2O4S. The second-order valence-electron chi connectivity index (χ2n) is 8.19. The van der Waals surface area contributed by atoms with Crippen LogP contribution in [0.5, 0.6) is 5.75 Å². The lowest BCUT2D eigenvalue weighted by atomic mass is 10.1. The summed E-state index contributed by atoms with van der Waals surface area (Å²) in [4.78, 5) is 30.1. The van der Waals surface area contributed by atoms with Crippen molar-refractivity contribution in [2.45, 2.75) is 16.6 Å². The molecule has 0 radical (unpaired) electrons. The molecule has 188 valence electrons. The number of amides is 1. The number of esters is 1. The first-order chi connectivity index (χ1) is 18.1. The van der Waals surface area contributed by atoms with Crippen molar-refractivity contribution in [1.82, 2.24) is 10.3 Å². The Morgan fingerprint density at radius 2 is 1.62 bits per heavy atom. The van der Waals surface area contributed by atoms with Crippen molar-refractivity contribution in [3.05, 3.63) is 114 Å². The summed E-state index contributed by atoms with van der Waals surface area (Å²) < 4.78 is 10.8. The standard InChI is InChI=1S/C30H28N2O4S/c1-35-30(34)28(37-26-7-3-2-4-8-26)21-22-10-16-25(17-11-22)36-20-19-32-29(33)24-14-12-23(13-15-24)27-9-5-6-18-31-27/h2-18,28H,19-21H2,1H3,(H,32,33). The maximum atomic E-state index is 12.4. The van der Waals surface area contributed by atoms with E-state index in [4.69, 9.17) is 9.47 Å². The predicted octanol–water partition coefficient (Wildman–Crippen LogP) is 5.43. The van der Waals surface area contributed by atoms with Gasteiger partial charge in [0.2, 0.25) is 0 Å². The lowest BCUT2D eigenvalue weighted by molar-refractivity contribution is -0.139. The molecule has 37 heavy (non-hydrogen) atoms. The van der Waals surface area contributed by atoms with Crippen molar-refractivity contribution in [2.75, 3.05) is 20.3 Å². The number of carbonyl (C=O) groups is 2. The summed E-state index contributed by atoms with van der Waals surface area (Å²) in [5, 5.41) is 2.53. The van der Waals surface area contributed by atoms with Crippen LogP contribution in [0.1, 0.15) is 15.9 Å². The van der Waals surface area contributed by atoms with Crippen molar-refractivity contribution < 1.29 is 19.1 Å². The van der Waals surface area contributed by atoms with Gasteiger partial charge in [0.25, 0.3) is 5.91 Å². The van der Waals surface area contributed by atoms with E-state index in [-0.39, 0.29) is 17.1 Å². The molecule has 1 unspecified atom stereocenters. The second-order valence-corrected chi connectivity index (χ2v) is 9.46. The van der Waals surface area contributed by atoms with E-state index in [0.29, 0.717) is 30.9 Å². The number of pyridine rings is 1. The van der Waals surface area contributed by atoms with Gasteiger partial charge in [-0.15, -0.1) is 11.8 Å². The van der Waals surface area contributed by atoms with Gasteiger partial charge in [-0.05, 0) is 60.5 Å². The molecule has 0 aliphatic rings. The van der Waals surface area contributed by atoms with Crippen molar-refractivity contribution in [3.8, 4) is 17.0 Å². The van der Waals surface area contributed by atoms with Gasteiger partial charge < -0.3 is 14.8 Å². The largest absolute Gasteiger partial charge is 0.492 e. The maximum absolute atomic E-state index is 12.4. The third-order valence-corrected chi connectivity index (χ3v) is 6.78. The van der Waals surface area contributed by atoms with E-state index >= 15 is 0 Å². The minimum atomic E-state index is -0.340. The van der Waals surface area contributed by atoms with E-state index < -0.39 is 0 Å². The van der Waals surface area contributed by atoms with E-state index in [1.165, 1.54) is 18.9 Å². The van der Waals surface area contributed by atoms with Gasteiger partial charge in [-0.2, -0.15) is 0 Å². The number of nitrogens with one attached hydrogen (secondary N) is 1. The quantitative estimate of drug-likeness (QED) is 0.164. The van der Waals surface area contributed by atoms with Crippen molar-refractivity contribution in [3.63, 3.8) is 0 Å². The van der Waals surface area contributed by atoms with Gasteiger partial charge in [-0.25, -0.2) is 0 Å². The van der Waals surface area contributed by atoms with Crippen LogP contribution in [0.25, 0.3) is 11.3 Å². The Morgan fingerprint density at radius 3 is 2.30 bits per heavy atom. The van der Waals surface area contributed by atoms with Crippen LogP contribution >= 0.6 is 11.8 Å². The van der Waals surface area contributed by atoms with Crippen LogP contribution in [-0.2, 0) is 16.0 Å². The van der Waals surface area contributed by atoms with E-state index in [1.807, 2.05) is 84.9 Å². The second kappa shape index (κ2) is 13.3. The van der Waals surface area contributed by atoms with Gasteiger partial charge in [0.1, 0.15) is 17.6 Å². The zero-order valence-electron chi connectivity index (χ0n) is 20.5. The molecule has 0 saturated heterocycles. The lowest BCUT2D eigenvalue weighted by Crippen LogP contribution is -2.28. The molecule has 7 heteroatoms. The zero-order chi connectivity index (χ0) is 25.9. The summed E-state index contributed by atoms with van der Waals surface area (Å²) in [6.45, 7) is 0.715. The topological polar surface area (TPSA) is 77.5 Å². The Hall–Kier alpha value is -4.10. The van der Waals surface area contributed by atoms with Crippen molar-refractivity contribution >= 4 is 23.6 Å². The Labute approximate surface area is 221 Å². The van der Waals surface area contributed by atoms with E-state index in [2.05, 4.69) is 10.3 Å². The summed E-state index contributed by atoms with van der Waals surface area (Å²) in [5.41, 5.74) is 3.41. The fraction of sp³-hybridized carbons (Fsp3) is 0.167. The molecule has 0 aliphatic heterocycles. The minimum absolute atomic E-state index is 0.156. The number of rotatable bonds is 11. The summed E-state index contributed by atoms with van der Waals surface area (Å²) in [7, 11) is 1.41. The van der Waals surface area contributed by atoms with Gasteiger partial charge in [0.05, 0.1) is 19.3 Å². The van der Waals surface area contributed by atoms with Gasteiger partial charge in [-0.1, -0.05) is 48.5 Å². The smallest absolute Gasteiger partial charge is 0.319 e. The summed E-state index contributed by atoms with van der Waals surface area (Å²) >= 11 is 1.49. The molecular weight excluding hydrogens is 484 g/mol. The first-order valence-electron chi connectivity index (χ1n) is 11.9. The Morgan fingerprint density at radius 1 is 0.892 bits per heavy atom. The molecule has 4 aromatic rings. The van der Waals surface area contributed by atoms with Gasteiger partial charge in [0, 0.05) is 22.2 Å². The van der Waals surface area contributed by atoms with E-state index in [1.54, 1.807) is 18.3 Å². The van der Waals surface area contributed by atoms with Crippen LogP contribution in [0.15, 0.2) is 108 Å². The monoisotopic (exact) mass is 512 g/mol. The highest BCUT2D eigenvalue weighted by atomic mass is 32.2. The molecule has 3 aromatic carbocycles.